The van der Waals surface area contributed by atoms with Gasteiger partial charge < -0.3 is 10.2 Å². The number of halogens is 2. The molecule has 2 aromatic carbocycles. The smallest absolute Gasteiger partial charge is 0.0410 e. The number of fused-ring (bicyclic) bond motifs is 2. The molecule has 2 heterocycles. The van der Waals surface area contributed by atoms with Gasteiger partial charge in [-0.1, -0.05) is 47.5 Å². The molecular weight excluding hydrogens is 351 g/mol. The van der Waals surface area contributed by atoms with E-state index in [4.69, 9.17) is 23.2 Å². The zero-order valence-corrected chi connectivity index (χ0v) is 15.7. The van der Waals surface area contributed by atoms with Gasteiger partial charge in [-0.05, 0) is 67.4 Å². The van der Waals surface area contributed by atoms with Crippen LogP contribution in [0.2, 0.25) is 10.0 Å². The highest BCUT2D eigenvalue weighted by Gasteiger charge is 2.42. The summed E-state index contributed by atoms with van der Waals surface area (Å²) in [7, 11) is 0. The van der Waals surface area contributed by atoms with E-state index in [1.165, 1.54) is 29.7 Å². The van der Waals surface area contributed by atoms with Crippen LogP contribution < -0.4 is 10.2 Å². The van der Waals surface area contributed by atoms with E-state index >= 15 is 0 Å². The minimum Gasteiger partial charge on any atom is -0.367 e. The number of hydrogen-bond donors (Lipinski definition) is 1. The Morgan fingerprint density at radius 2 is 1.72 bits per heavy atom. The highest BCUT2D eigenvalue weighted by molar-refractivity contribution is 6.31. The maximum Gasteiger partial charge on any atom is 0.0410 e. The summed E-state index contributed by atoms with van der Waals surface area (Å²) < 4.78 is 0. The number of nitrogens with zero attached hydrogens (tertiary/aromatic N) is 1. The fourth-order valence-corrected chi connectivity index (χ4v) is 4.43. The van der Waals surface area contributed by atoms with Crippen LogP contribution in [0.15, 0.2) is 48.5 Å². The first kappa shape index (κ1) is 17.0. The van der Waals surface area contributed by atoms with Gasteiger partial charge >= 0.3 is 0 Å². The molecule has 0 radical (unpaired) electrons. The Hall–Kier alpha value is -1.48. The molecule has 0 unspecified atom stereocenters. The molecule has 0 aliphatic carbocycles. The first-order valence-corrected chi connectivity index (χ1v) is 9.60. The number of benzene rings is 2. The molecule has 1 N–H and O–H groups in total. The molecule has 4 rings (SSSR count). The Kier molecular flexibility index (Phi) is 4.77. The maximum absolute atomic E-state index is 6.31. The summed E-state index contributed by atoms with van der Waals surface area (Å²) in [5, 5.41) is 5.11. The van der Waals surface area contributed by atoms with Crippen LogP contribution >= 0.6 is 23.2 Å². The normalized spacial score (nSPS) is 18.9. The number of anilines is 1. The van der Waals surface area contributed by atoms with E-state index in [0.717, 1.165) is 36.2 Å². The molecule has 2 aliphatic rings. The molecular formula is C21H22Cl2N2. The van der Waals surface area contributed by atoms with Crippen LogP contribution in [0.25, 0.3) is 6.08 Å². The average Bonchev–Trinajstić information content (AvgIpc) is 2.90. The Labute approximate surface area is 159 Å². The van der Waals surface area contributed by atoms with Crippen LogP contribution in [0.5, 0.6) is 0 Å². The Balaban J connectivity index is 1.56. The second-order valence-corrected chi connectivity index (χ2v) is 7.90. The third-order valence-corrected chi connectivity index (χ3v) is 5.92. The van der Waals surface area contributed by atoms with Gasteiger partial charge in [0.2, 0.25) is 0 Å². The second-order valence-electron chi connectivity index (χ2n) is 7.03. The van der Waals surface area contributed by atoms with Gasteiger partial charge in [0.1, 0.15) is 0 Å². The molecule has 1 saturated heterocycles. The Morgan fingerprint density at radius 3 is 2.48 bits per heavy atom. The largest absolute Gasteiger partial charge is 0.367 e. The molecule has 4 heteroatoms. The molecule has 0 atom stereocenters. The third-order valence-electron chi connectivity index (χ3n) is 5.43. The van der Waals surface area contributed by atoms with Gasteiger partial charge in [-0.2, -0.15) is 0 Å². The SMILES string of the molecule is Clc1ccc(/C=C/CN2CC3(CCNCC3)c3cc(Cl)ccc32)cc1. The highest BCUT2D eigenvalue weighted by atomic mass is 35.5. The zero-order chi connectivity index (χ0) is 17.3. The lowest BCUT2D eigenvalue weighted by Gasteiger charge is -2.35. The van der Waals surface area contributed by atoms with Crippen molar-refractivity contribution in [1.29, 1.82) is 0 Å². The molecule has 0 bridgehead atoms. The van der Waals surface area contributed by atoms with Crippen molar-refractivity contribution in [2.45, 2.75) is 18.3 Å². The summed E-state index contributed by atoms with van der Waals surface area (Å²) in [5.74, 6) is 0. The van der Waals surface area contributed by atoms with Crippen molar-refractivity contribution in [3.05, 3.63) is 69.7 Å². The van der Waals surface area contributed by atoms with Crippen molar-refractivity contribution in [2.75, 3.05) is 31.1 Å². The first-order valence-electron chi connectivity index (χ1n) is 8.84. The van der Waals surface area contributed by atoms with E-state index in [9.17, 15) is 0 Å². The molecule has 25 heavy (non-hydrogen) atoms. The van der Waals surface area contributed by atoms with Crippen molar-refractivity contribution in [2.24, 2.45) is 0 Å². The van der Waals surface area contributed by atoms with Gasteiger partial charge in [0.05, 0.1) is 0 Å². The number of piperidine rings is 1. The van der Waals surface area contributed by atoms with Gasteiger partial charge in [-0.25, -0.2) is 0 Å². The molecule has 1 fully saturated rings. The monoisotopic (exact) mass is 372 g/mol. The van der Waals surface area contributed by atoms with Crippen molar-refractivity contribution in [3.8, 4) is 0 Å². The molecule has 2 aliphatic heterocycles. The van der Waals surface area contributed by atoms with Crippen LogP contribution in [-0.2, 0) is 5.41 Å². The van der Waals surface area contributed by atoms with Crippen LogP contribution in [0.3, 0.4) is 0 Å². The molecule has 0 aromatic heterocycles. The molecule has 1 spiro atoms. The summed E-state index contributed by atoms with van der Waals surface area (Å²) >= 11 is 12.3. The van der Waals surface area contributed by atoms with Crippen molar-refractivity contribution < 1.29 is 0 Å². The van der Waals surface area contributed by atoms with Gasteiger partial charge in [0.25, 0.3) is 0 Å². The predicted molar refractivity (Wildman–Crippen MR) is 108 cm³/mol. The van der Waals surface area contributed by atoms with E-state index in [0.29, 0.717) is 0 Å². The molecule has 2 nitrogen and oxygen atoms in total. The quantitative estimate of drug-likeness (QED) is 0.801. The minimum atomic E-state index is 0.250. The predicted octanol–water partition coefficient (Wildman–Crippen LogP) is 5.15. The second kappa shape index (κ2) is 7.03. The topological polar surface area (TPSA) is 15.3 Å². The average molecular weight is 373 g/mol. The fraction of sp³-hybridized carbons (Fsp3) is 0.333. The third kappa shape index (κ3) is 3.44. The first-order chi connectivity index (χ1) is 12.2. The van der Waals surface area contributed by atoms with Gasteiger partial charge in [-0.3, -0.25) is 0 Å². The van der Waals surface area contributed by atoms with Gasteiger partial charge in [0, 0.05) is 34.2 Å². The fourth-order valence-electron chi connectivity index (χ4n) is 4.13. The lowest BCUT2D eigenvalue weighted by Crippen LogP contribution is -2.43. The zero-order valence-electron chi connectivity index (χ0n) is 14.1. The number of rotatable bonds is 3. The molecule has 0 amide bonds. The van der Waals surface area contributed by atoms with E-state index in [2.05, 4.69) is 34.5 Å². The Morgan fingerprint density at radius 1 is 1.00 bits per heavy atom. The van der Waals surface area contributed by atoms with Crippen LogP contribution in [0.1, 0.15) is 24.0 Å². The number of nitrogens with one attached hydrogen (secondary N) is 1. The molecule has 2 aromatic rings. The van der Waals surface area contributed by atoms with Gasteiger partial charge in [0.15, 0.2) is 0 Å². The van der Waals surface area contributed by atoms with Crippen molar-refractivity contribution in [1.82, 2.24) is 5.32 Å². The lowest BCUT2D eigenvalue weighted by molar-refractivity contribution is 0.326. The maximum atomic E-state index is 6.31. The standard InChI is InChI=1S/C21H22Cl2N2/c22-17-5-3-16(4-6-17)2-1-13-25-15-21(9-11-24-12-10-21)19-14-18(23)7-8-20(19)25/h1-8,14,24H,9-13,15H2/b2-1+. The van der Waals surface area contributed by atoms with E-state index in [1.54, 1.807) is 0 Å². The van der Waals surface area contributed by atoms with Crippen LogP contribution in [0, 0.1) is 0 Å². The highest BCUT2D eigenvalue weighted by Crippen LogP contribution is 2.46. The van der Waals surface area contributed by atoms with Gasteiger partial charge in [-0.15, -0.1) is 0 Å². The van der Waals surface area contributed by atoms with Crippen molar-refractivity contribution >= 4 is 35.0 Å². The molecule has 130 valence electrons. The lowest BCUT2D eigenvalue weighted by atomic mass is 9.75. The van der Waals surface area contributed by atoms with E-state index in [-0.39, 0.29) is 5.41 Å². The molecule has 0 saturated carbocycles. The number of hydrogen-bond acceptors (Lipinski definition) is 2. The summed E-state index contributed by atoms with van der Waals surface area (Å²) in [6, 6.07) is 14.3. The van der Waals surface area contributed by atoms with E-state index < -0.39 is 0 Å². The van der Waals surface area contributed by atoms with Crippen molar-refractivity contribution in [3.63, 3.8) is 0 Å². The van der Waals surface area contributed by atoms with Crippen LogP contribution in [-0.4, -0.2) is 26.2 Å². The Bertz CT molecular complexity index is 777. The summed E-state index contributed by atoms with van der Waals surface area (Å²) in [5.41, 5.74) is 4.20. The summed E-state index contributed by atoms with van der Waals surface area (Å²) in [4.78, 5) is 2.49. The summed E-state index contributed by atoms with van der Waals surface area (Å²) in [6.45, 7) is 4.16. The van der Waals surface area contributed by atoms with Crippen LogP contribution in [0.4, 0.5) is 5.69 Å². The van der Waals surface area contributed by atoms with E-state index in [1.807, 2.05) is 30.3 Å². The minimum absolute atomic E-state index is 0.250. The summed E-state index contributed by atoms with van der Waals surface area (Å²) in [6.07, 6.45) is 6.76.